The number of carboxylic acid groups (broad SMARTS) is 1. The monoisotopic (exact) mass is 254 g/mol. The Labute approximate surface area is 105 Å². The number of nitrogens with one attached hydrogen (secondary N) is 1. The molecule has 1 rings (SSSR count). The summed E-state index contributed by atoms with van der Waals surface area (Å²) in [5.41, 5.74) is 0.496. The summed E-state index contributed by atoms with van der Waals surface area (Å²) in [6.07, 6.45) is 3.81. The minimum absolute atomic E-state index is 0.200. The molecule has 0 saturated heterocycles. The highest BCUT2D eigenvalue weighted by Gasteiger charge is 2.11. The number of rotatable bonds is 6. The molecule has 0 aliphatic heterocycles. The summed E-state index contributed by atoms with van der Waals surface area (Å²) in [5.74, 6) is -0.975. The number of aromatic nitrogens is 2. The van der Waals surface area contributed by atoms with Crippen LogP contribution in [-0.4, -0.2) is 44.9 Å². The molecule has 100 valence electrons. The smallest absolute Gasteiger partial charge is 0.325 e. The van der Waals surface area contributed by atoms with Crippen molar-refractivity contribution in [3.8, 4) is 0 Å². The van der Waals surface area contributed by atoms with E-state index in [4.69, 9.17) is 5.11 Å². The number of carbonyl (C=O) groups excluding carboxylic acids is 1. The van der Waals surface area contributed by atoms with E-state index in [2.05, 4.69) is 10.4 Å². The summed E-state index contributed by atoms with van der Waals surface area (Å²) < 4.78 is 1.26. The normalized spacial score (nSPS) is 10.1. The predicted molar refractivity (Wildman–Crippen MR) is 66.4 cm³/mol. The van der Waals surface area contributed by atoms with Gasteiger partial charge in [0.05, 0.1) is 11.9 Å². The standard InChI is InChI=1S/C11H18N4O3/c1-3-5-14(4-2)11(18)13-9-6-12-15(7-9)8-10(16)17/h6-7H,3-5,8H2,1-2H3,(H,13,18)(H,16,17). The summed E-state index contributed by atoms with van der Waals surface area (Å²) in [5, 5.41) is 15.1. The molecule has 7 heteroatoms. The Bertz CT molecular complexity index is 416. The van der Waals surface area contributed by atoms with Gasteiger partial charge < -0.3 is 15.3 Å². The topological polar surface area (TPSA) is 87.5 Å². The summed E-state index contributed by atoms with van der Waals surface area (Å²) in [4.78, 5) is 24.0. The maximum atomic E-state index is 11.8. The molecule has 0 fully saturated rings. The molecular formula is C11H18N4O3. The van der Waals surface area contributed by atoms with Crippen LogP contribution >= 0.6 is 0 Å². The van der Waals surface area contributed by atoms with Crippen LogP contribution in [0.3, 0.4) is 0 Å². The van der Waals surface area contributed by atoms with Crippen LogP contribution in [0.2, 0.25) is 0 Å². The second-order valence-electron chi connectivity index (χ2n) is 3.83. The van der Waals surface area contributed by atoms with Gasteiger partial charge in [-0.05, 0) is 13.3 Å². The number of nitrogens with zero attached hydrogens (tertiary/aromatic N) is 3. The van der Waals surface area contributed by atoms with Gasteiger partial charge in [-0.25, -0.2) is 4.79 Å². The fraction of sp³-hybridized carbons (Fsp3) is 0.545. The van der Waals surface area contributed by atoms with Gasteiger partial charge in [-0.1, -0.05) is 6.92 Å². The number of carbonyl (C=O) groups is 2. The van der Waals surface area contributed by atoms with Gasteiger partial charge in [-0.15, -0.1) is 0 Å². The van der Waals surface area contributed by atoms with Crippen molar-refractivity contribution in [1.29, 1.82) is 0 Å². The number of hydrogen-bond acceptors (Lipinski definition) is 3. The highest BCUT2D eigenvalue weighted by atomic mass is 16.4. The minimum atomic E-state index is -0.975. The van der Waals surface area contributed by atoms with Crippen molar-refractivity contribution >= 4 is 17.7 Å². The first kappa shape index (κ1) is 14.0. The molecule has 0 atom stereocenters. The van der Waals surface area contributed by atoms with Crippen molar-refractivity contribution in [1.82, 2.24) is 14.7 Å². The molecule has 7 nitrogen and oxygen atoms in total. The summed E-state index contributed by atoms with van der Waals surface area (Å²) >= 11 is 0. The van der Waals surface area contributed by atoms with E-state index in [1.807, 2.05) is 13.8 Å². The molecule has 2 N–H and O–H groups in total. The third-order valence-corrected chi connectivity index (χ3v) is 2.34. The molecule has 0 aromatic carbocycles. The number of hydrogen-bond donors (Lipinski definition) is 2. The van der Waals surface area contributed by atoms with Crippen LogP contribution < -0.4 is 5.32 Å². The highest BCUT2D eigenvalue weighted by molar-refractivity contribution is 5.89. The van der Waals surface area contributed by atoms with E-state index in [-0.39, 0.29) is 12.6 Å². The zero-order chi connectivity index (χ0) is 13.5. The van der Waals surface area contributed by atoms with E-state index in [1.165, 1.54) is 17.1 Å². The molecule has 1 aromatic rings. The van der Waals surface area contributed by atoms with Crippen LogP contribution in [0.1, 0.15) is 20.3 Å². The fourth-order valence-electron chi connectivity index (χ4n) is 1.53. The second kappa shape index (κ2) is 6.63. The quantitative estimate of drug-likeness (QED) is 0.799. The van der Waals surface area contributed by atoms with Crippen LogP contribution in [0, 0.1) is 0 Å². The van der Waals surface area contributed by atoms with Gasteiger partial charge >= 0.3 is 12.0 Å². The lowest BCUT2D eigenvalue weighted by Gasteiger charge is -2.19. The van der Waals surface area contributed by atoms with Gasteiger partial charge in [-0.2, -0.15) is 5.10 Å². The molecule has 1 heterocycles. The van der Waals surface area contributed by atoms with Gasteiger partial charge in [0.1, 0.15) is 6.54 Å². The van der Waals surface area contributed by atoms with Gasteiger partial charge in [0.25, 0.3) is 0 Å². The van der Waals surface area contributed by atoms with Gasteiger partial charge in [0.2, 0.25) is 0 Å². The van der Waals surface area contributed by atoms with E-state index < -0.39 is 5.97 Å². The van der Waals surface area contributed by atoms with Gasteiger partial charge in [0.15, 0.2) is 0 Å². The van der Waals surface area contributed by atoms with E-state index in [1.54, 1.807) is 4.90 Å². The highest BCUT2D eigenvalue weighted by Crippen LogP contribution is 2.06. The average molecular weight is 254 g/mol. The molecule has 0 unspecified atom stereocenters. The third kappa shape index (κ3) is 4.08. The Balaban J connectivity index is 2.58. The van der Waals surface area contributed by atoms with E-state index in [9.17, 15) is 9.59 Å². The van der Waals surface area contributed by atoms with Gasteiger partial charge in [-0.3, -0.25) is 9.48 Å². The van der Waals surface area contributed by atoms with E-state index in [0.717, 1.165) is 6.42 Å². The van der Waals surface area contributed by atoms with Crippen LogP contribution in [0.5, 0.6) is 0 Å². The molecule has 1 aromatic heterocycles. The first-order valence-electron chi connectivity index (χ1n) is 5.87. The third-order valence-electron chi connectivity index (χ3n) is 2.34. The maximum absolute atomic E-state index is 11.8. The van der Waals surface area contributed by atoms with E-state index in [0.29, 0.717) is 18.8 Å². The Morgan fingerprint density at radius 1 is 1.50 bits per heavy atom. The van der Waals surface area contributed by atoms with Crippen LogP contribution in [0.4, 0.5) is 10.5 Å². The number of anilines is 1. The maximum Gasteiger partial charge on any atom is 0.325 e. The Kier molecular flexibility index (Phi) is 5.16. The number of aliphatic carboxylic acids is 1. The molecule has 2 amide bonds. The average Bonchev–Trinajstić information content (AvgIpc) is 2.72. The summed E-state index contributed by atoms with van der Waals surface area (Å²) in [6, 6.07) is -0.200. The Morgan fingerprint density at radius 2 is 2.22 bits per heavy atom. The molecule has 0 spiro atoms. The molecule has 0 radical (unpaired) electrons. The zero-order valence-electron chi connectivity index (χ0n) is 10.6. The Morgan fingerprint density at radius 3 is 2.78 bits per heavy atom. The predicted octanol–water partition coefficient (Wildman–Crippen LogP) is 1.23. The molecule has 0 saturated carbocycles. The lowest BCUT2D eigenvalue weighted by atomic mass is 10.4. The first-order chi connectivity index (χ1) is 8.56. The largest absolute Gasteiger partial charge is 0.480 e. The zero-order valence-corrected chi connectivity index (χ0v) is 10.6. The second-order valence-corrected chi connectivity index (χ2v) is 3.83. The minimum Gasteiger partial charge on any atom is -0.480 e. The van der Waals surface area contributed by atoms with Crippen molar-refractivity contribution < 1.29 is 14.7 Å². The number of amides is 2. The molecule has 18 heavy (non-hydrogen) atoms. The van der Waals surface area contributed by atoms with Crippen LogP contribution in [0.25, 0.3) is 0 Å². The molecule has 0 aliphatic carbocycles. The molecule has 0 aliphatic rings. The van der Waals surface area contributed by atoms with Crippen LogP contribution in [0.15, 0.2) is 12.4 Å². The lowest BCUT2D eigenvalue weighted by molar-refractivity contribution is -0.137. The molecule has 0 bridgehead atoms. The SMILES string of the molecule is CCCN(CC)C(=O)Nc1cnn(CC(=O)O)c1. The lowest BCUT2D eigenvalue weighted by Crippen LogP contribution is -2.35. The van der Waals surface area contributed by atoms with Crippen LogP contribution in [-0.2, 0) is 11.3 Å². The van der Waals surface area contributed by atoms with Crippen molar-refractivity contribution in [2.75, 3.05) is 18.4 Å². The number of urea groups is 1. The van der Waals surface area contributed by atoms with Crippen molar-refractivity contribution in [2.45, 2.75) is 26.8 Å². The van der Waals surface area contributed by atoms with Crippen molar-refractivity contribution in [3.63, 3.8) is 0 Å². The number of carboxylic acids is 1. The Hall–Kier alpha value is -2.05. The fourth-order valence-corrected chi connectivity index (χ4v) is 1.53. The summed E-state index contributed by atoms with van der Waals surface area (Å²) in [7, 11) is 0. The molecular weight excluding hydrogens is 236 g/mol. The first-order valence-corrected chi connectivity index (χ1v) is 5.87. The van der Waals surface area contributed by atoms with Crippen molar-refractivity contribution in [2.24, 2.45) is 0 Å². The van der Waals surface area contributed by atoms with Gasteiger partial charge in [0, 0.05) is 19.3 Å². The van der Waals surface area contributed by atoms with E-state index >= 15 is 0 Å². The summed E-state index contributed by atoms with van der Waals surface area (Å²) in [6.45, 7) is 5.00. The van der Waals surface area contributed by atoms with Crippen molar-refractivity contribution in [3.05, 3.63) is 12.4 Å².